The lowest BCUT2D eigenvalue weighted by molar-refractivity contribution is -0.0161. The van der Waals surface area contributed by atoms with Gasteiger partial charge in [0.15, 0.2) is 0 Å². The molecule has 2 N–H and O–H groups in total. The van der Waals surface area contributed by atoms with E-state index >= 15 is 0 Å². The highest BCUT2D eigenvalue weighted by molar-refractivity contribution is 5.66. The largest absolute Gasteiger partial charge is 0.465 e. The summed E-state index contributed by atoms with van der Waals surface area (Å²) >= 11 is 0. The van der Waals surface area contributed by atoms with Crippen LogP contribution in [0.25, 0.3) is 0 Å². The van der Waals surface area contributed by atoms with Crippen molar-refractivity contribution in [2.24, 2.45) is 5.92 Å². The van der Waals surface area contributed by atoms with Crippen molar-refractivity contribution in [2.75, 3.05) is 19.6 Å². The third-order valence-electron chi connectivity index (χ3n) is 4.54. The van der Waals surface area contributed by atoms with Crippen molar-refractivity contribution in [3.63, 3.8) is 0 Å². The molecular formula is C13H24N2O2. The van der Waals surface area contributed by atoms with E-state index in [1.54, 1.807) is 4.90 Å². The fraction of sp³-hybridized carbons (Fsp3) is 0.923. The van der Waals surface area contributed by atoms with Gasteiger partial charge in [0.1, 0.15) is 0 Å². The zero-order chi connectivity index (χ0) is 12.3. The highest BCUT2D eigenvalue weighted by atomic mass is 16.4. The molecule has 0 aromatic rings. The Labute approximate surface area is 103 Å². The van der Waals surface area contributed by atoms with E-state index in [1.807, 2.05) is 0 Å². The van der Waals surface area contributed by atoms with Crippen LogP contribution in [0.3, 0.4) is 0 Å². The van der Waals surface area contributed by atoms with E-state index in [1.165, 1.54) is 6.42 Å². The first-order chi connectivity index (χ1) is 8.20. The summed E-state index contributed by atoms with van der Waals surface area (Å²) in [5.74, 6) is 0.532. The summed E-state index contributed by atoms with van der Waals surface area (Å²) in [6.07, 6.45) is 5.77. The van der Waals surface area contributed by atoms with Gasteiger partial charge in [0.25, 0.3) is 0 Å². The van der Waals surface area contributed by atoms with E-state index in [0.717, 1.165) is 45.2 Å². The Morgan fingerprint density at radius 3 is 2.71 bits per heavy atom. The summed E-state index contributed by atoms with van der Waals surface area (Å²) in [5.41, 5.74) is -0.0372. The van der Waals surface area contributed by atoms with E-state index in [4.69, 9.17) is 0 Å². The van der Waals surface area contributed by atoms with Gasteiger partial charge in [0, 0.05) is 13.1 Å². The lowest BCUT2D eigenvalue weighted by Crippen LogP contribution is -2.61. The summed E-state index contributed by atoms with van der Waals surface area (Å²) in [7, 11) is 0. The van der Waals surface area contributed by atoms with Crippen LogP contribution in [0, 0.1) is 5.92 Å². The topological polar surface area (TPSA) is 52.6 Å². The van der Waals surface area contributed by atoms with Crippen LogP contribution in [0.4, 0.5) is 4.79 Å². The molecule has 1 saturated carbocycles. The third kappa shape index (κ3) is 2.28. The zero-order valence-electron chi connectivity index (χ0n) is 10.7. The van der Waals surface area contributed by atoms with Gasteiger partial charge in [-0.25, -0.2) is 4.79 Å². The molecule has 0 radical (unpaired) electrons. The normalized spacial score (nSPS) is 26.5. The number of hydrogen-bond acceptors (Lipinski definition) is 2. The number of amides is 1. The molecule has 98 valence electrons. The smallest absolute Gasteiger partial charge is 0.407 e. The van der Waals surface area contributed by atoms with Gasteiger partial charge in [0.05, 0.1) is 5.54 Å². The maximum Gasteiger partial charge on any atom is 0.407 e. The van der Waals surface area contributed by atoms with E-state index in [9.17, 15) is 9.90 Å². The van der Waals surface area contributed by atoms with Crippen LogP contribution < -0.4 is 5.32 Å². The van der Waals surface area contributed by atoms with Gasteiger partial charge in [-0.3, -0.25) is 0 Å². The molecule has 1 aliphatic carbocycles. The molecule has 1 heterocycles. The van der Waals surface area contributed by atoms with Gasteiger partial charge in [-0.05, 0) is 44.6 Å². The SMILES string of the molecule is CCCCN(C(=O)O)C1(C2CCNC2)CCC1. The first-order valence-electron chi connectivity index (χ1n) is 6.92. The van der Waals surface area contributed by atoms with E-state index < -0.39 is 6.09 Å². The maximum atomic E-state index is 11.5. The van der Waals surface area contributed by atoms with Crippen LogP contribution >= 0.6 is 0 Å². The minimum atomic E-state index is -0.718. The second kappa shape index (κ2) is 5.25. The zero-order valence-corrected chi connectivity index (χ0v) is 10.7. The molecular weight excluding hydrogens is 216 g/mol. The molecule has 0 spiro atoms. The number of carbonyl (C=O) groups is 1. The standard InChI is InChI=1S/C13H24N2O2/c1-2-3-9-15(12(16)17)13(6-4-7-13)11-5-8-14-10-11/h11,14H,2-10H2,1H3,(H,16,17). The van der Waals surface area contributed by atoms with Crippen LogP contribution in [0.15, 0.2) is 0 Å². The predicted molar refractivity (Wildman–Crippen MR) is 67.2 cm³/mol. The molecule has 4 nitrogen and oxygen atoms in total. The van der Waals surface area contributed by atoms with E-state index in [0.29, 0.717) is 12.5 Å². The second-order valence-electron chi connectivity index (χ2n) is 5.43. The van der Waals surface area contributed by atoms with Gasteiger partial charge in [0.2, 0.25) is 0 Å². The molecule has 17 heavy (non-hydrogen) atoms. The van der Waals surface area contributed by atoms with E-state index in [2.05, 4.69) is 12.2 Å². The number of nitrogens with zero attached hydrogens (tertiary/aromatic N) is 1. The third-order valence-corrected chi connectivity index (χ3v) is 4.54. The van der Waals surface area contributed by atoms with Crippen molar-refractivity contribution in [2.45, 2.75) is 51.0 Å². The minimum absolute atomic E-state index is 0.0372. The van der Waals surface area contributed by atoms with E-state index in [-0.39, 0.29) is 5.54 Å². The summed E-state index contributed by atoms with van der Waals surface area (Å²) in [5, 5.41) is 12.8. The number of nitrogens with one attached hydrogen (secondary N) is 1. The van der Waals surface area contributed by atoms with Crippen LogP contribution in [0.1, 0.15) is 45.4 Å². The first kappa shape index (κ1) is 12.7. The molecule has 1 unspecified atom stereocenters. The molecule has 4 heteroatoms. The van der Waals surface area contributed by atoms with Crippen molar-refractivity contribution < 1.29 is 9.90 Å². The average Bonchev–Trinajstić information content (AvgIpc) is 2.74. The van der Waals surface area contributed by atoms with Crippen LogP contribution in [-0.4, -0.2) is 41.3 Å². The second-order valence-corrected chi connectivity index (χ2v) is 5.43. The first-order valence-corrected chi connectivity index (χ1v) is 6.92. The molecule has 1 atom stereocenters. The molecule has 1 amide bonds. The fourth-order valence-corrected chi connectivity index (χ4v) is 3.38. The van der Waals surface area contributed by atoms with Crippen LogP contribution in [-0.2, 0) is 0 Å². The van der Waals surface area contributed by atoms with Crippen molar-refractivity contribution in [3.05, 3.63) is 0 Å². The molecule has 0 aromatic heterocycles. The van der Waals surface area contributed by atoms with Crippen molar-refractivity contribution in [1.29, 1.82) is 0 Å². The van der Waals surface area contributed by atoms with Crippen LogP contribution in [0.5, 0.6) is 0 Å². The maximum absolute atomic E-state index is 11.5. The van der Waals surface area contributed by atoms with Crippen molar-refractivity contribution >= 4 is 6.09 Å². The lowest BCUT2D eigenvalue weighted by atomic mass is 9.66. The summed E-state index contributed by atoms with van der Waals surface area (Å²) in [4.78, 5) is 13.3. The molecule has 2 aliphatic rings. The highest BCUT2D eigenvalue weighted by Crippen LogP contribution is 2.46. The van der Waals surface area contributed by atoms with Crippen molar-refractivity contribution in [1.82, 2.24) is 10.2 Å². The summed E-state index contributed by atoms with van der Waals surface area (Å²) in [6, 6.07) is 0. The summed E-state index contributed by atoms with van der Waals surface area (Å²) in [6.45, 7) is 4.87. The Bertz CT molecular complexity index is 271. The van der Waals surface area contributed by atoms with Crippen LogP contribution in [0.2, 0.25) is 0 Å². The predicted octanol–water partition coefficient (Wildman–Crippen LogP) is 2.30. The number of rotatable bonds is 5. The Balaban J connectivity index is 2.09. The van der Waals surface area contributed by atoms with Gasteiger partial charge < -0.3 is 15.3 Å². The molecule has 1 saturated heterocycles. The Kier molecular flexibility index (Phi) is 3.92. The number of carboxylic acid groups (broad SMARTS) is 1. The fourth-order valence-electron chi connectivity index (χ4n) is 3.38. The van der Waals surface area contributed by atoms with Crippen molar-refractivity contribution in [3.8, 4) is 0 Å². The summed E-state index contributed by atoms with van der Waals surface area (Å²) < 4.78 is 0. The molecule has 2 rings (SSSR count). The number of unbranched alkanes of at least 4 members (excludes halogenated alkanes) is 1. The quantitative estimate of drug-likeness (QED) is 0.775. The Morgan fingerprint density at radius 2 is 2.29 bits per heavy atom. The highest BCUT2D eigenvalue weighted by Gasteiger charge is 2.50. The van der Waals surface area contributed by atoms with Gasteiger partial charge in [-0.2, -0.15) is 0 Å². The monoisotopic (exact) mass is 240 g/mol. The lowest BCUT2D eigenvalue weighted by Gasteiger charge is -2.53. The Hall–Kier alpha value is -0.770. The minimum Gasteiger partial charge on any atom is -0.465 e. The molecule has 1 aliphatic heterocycles. The number of hydrogen-bond donors (Lipinski definition) is 2. The molecule has 0 aromatic carbocycles. The van der Waals surface area contributed by atoms with Gasteiger partial charge >= 0.3 is 6.09 Å². The van der Waals surface area contributed by atoms with Gasteiger partial charge in [-0.15, -0.1) is 0 Å². The average molecular weight is 240 g/mol. The van der Waals surface area contributed by atoms with Gasteiger partial charge in [-0.1, -0.05) is 13.3 Å². The molecule has 2 fully saturated rings. The molecule has 0 bridgehead atoms. The Morgan fingerprint density at radius 1 is 1.53 bits per heavy atom.